The SMILES string of the molecule is COC(=O)C(Br)Cc1ccc(Cl)c2cccnc12. The van der Waals surface area contributed by atoms with Crippen LogP contribution in [0.3, 0.4) is 0 Å². The van der Waals surface area contributed by atoms with Crippen molar-refractivity contribution in [3.05, 3.63) is 41.0 Å². The Morgan fingerprint density at radius 3 is 3.00 bits per heavy atom. The number of esters is 1. The Morgan fingerprint density at radius 2 is 2.28 bits per heavy atom. The van der Waals surface area contributed by atoms with Crippen molar-refractivity contribution in [1.82, 2.24) is 4.98 Å². The molecule has 0 fully saturated rings. The number of benzene rings is 1. The number of hydrogen-bond donors (Lipinski definition) is 0. The molecule has 2 aromatic rings. The van der Waals surface area contributed by atoms with Crippen molar-refractivity contribution in [3.63, 3.8) is 0 Å². The van der Waals surface area contributed by atoms with Crippen molar-refractivity contribution in [2.24, 2.45) is 0 Å². The Bertz CT molecular complexity index is 588. The summed E-state index contributed by atoms with van der Waals surface area (Å²) in [5.74, 6) is -0.297. The number of halogens is 2. The molecule has 0 aliphatic rings. The number of carbonyl (C=O) groups excluding carboxylic acids is 1. The number of alkyl halides is 1. The Morgan fingerprint density at radius 1 is 1.50 bits per heavy atom. The van der Waals surface area contributed by atoms with Gasteiger partial charge in [-0.2, -0.15) is 0 Å². The zero-order valence-corrected chi connectivity index (χ0v) is 12.0. The molecule has 0 N–H and O–H groups in total. The van der Waals surface area contributed by atoms with Gasteiger partial charge < -0.3 is 4.74 Å². The molecule has 5 heteroatoms. The third-order valence-corrected chi connectivity index (χ3v) is 3.68. The summed E-state index contributed by atoms with van der Waals surface area (Å²) >= 11 is 9.42. The second-order valence-corrected chi connectivity index (χ2v) is 5.31. The predicted molar refractivity (Wildman–Crippen MR) is 75.2 cm³/mol. The highest BCUT2D eigenvalue weighted by Gasteiger charge is 2.17. The van der Waals surface area contributed by atoms with Crippen LogP contribution in [0, 0.1) is 0 Å². The molecule has 3 nitrogen and oxygen atoms in total. The lowest BCUT2D eigenvalue weighted by molar-refractivity contribution is -0.139. The number of ether oxygens (including phenoxy) is 1. The number of nitrogens with zero attached hydrogens (tertiary/aromatic N) is 1. The molecule has 0 spiro atoms. The molecule has 0 aliphatic heterocycles. The average Bonchev–Trinajstić information content (AvgIpc) is 2.41. The summed E-state index contributed by atoms with van der Waals surface area (Å²) in [6, 6.07) is 7.45. The number of methoxy groups -OCH3 is 1. The molecule has 0 bridgehead atoms. The van der Waals surface area contributed by atoms with Gasteiger partial charge in [0.15, 0.2) is 0 Å². The molecule has 1 unspecified atom stereocenters. The van der Waals surface area contributed by atoms with Crippen LogP contribution in [0.4, 0.5) is 0 Å². The fourth-order valence-corrected chi connectivity index (χ4v) is 2.52. The molecule has 1 aromatic carbocycles. The van der Waals surface area contributed by atoms with Crippen LogP contribution in [0.2, 0.25) is 5.02 Å². The summed E-state index contributed by atoms with van der Waals surface area (Å²) < 4.78 is 4.69. The van der Waals surface area contributed by atoms with E-state index in [2.05, 4.69) is 25.7 Å². The smallest absolute Gasteiger partial charge is 0.319 e. The van der Waals surface area contributed by atoms with Crippen LogP contribution < -0.4 is 0 Å². The molecule has 18 heavy (non-hydrogen) atoms. The third kappa shape index (κ3) is 2.65. The first-order chi connectivity index (χ1) is 8.63. The van der Waals surface area contributed by atoms with Crippen molar-refractivity contribution < 1.29 is 9.53 Å². The summed E-state index contributed by atoms with van der Waals surface area (Å²) in [7, 11) is 1.37. The Kier molecular flexibility index (Phi) is 4.19. The van der Waals surface area contributed by atoms with Gasteiger partial charge in [-0.1, -0.05) is 33.6 Å². The topological polar surface area (TPSA) is 39.2 Å². The summed E-state index contributed by atoms with van der Waals surface area (Å²) in [5.41, 5.74) is 1.78. The van der Waals surface area contributed by atoms with Crippen molar-refractivity contribution in [3.8, 4) is 0 Å². The van der Waals surface area contributed by atoms with Crippen molar-refractivity contribution in [2.75, 3.05) is 7.11 Å². The van der Waals surface area contributed by atoms with Crippen molar-refractivity contribution >= 4 is 44.4 Å². The summed E-state index contributed by atoms with van der Waals surface area (Å²) in [6.07, 6.45) is 2.22. The van der Waals surface area contributed by atoms with Crippen LogP contribution in [0.15, 0.2) is 30.5 Å². The second kappa shape index (κ2) is 5.67. The van der Waals surface area contributed by atoms with E-state index in [1.165, 1.54) is 7.11 Å². The lowest BCUT2D eigenvalue weighted by atomic mass is 10.1. The molecule has 0 saturated carbocycles. The summed E-state index contributed by atoms with van der Waals surface area (Å²) in [4.78, 5) is 15.3. The van der Waals surface area contributed by atoms with Gasteiger partial charge in [-0.3, -0.25) is 9.78 Å². The zero-order valence-electron chi connectivity index (χ0n) is 9.69. The van der Waals surface area contributed by atoms with Crippen LogP contribution in [0.5, 0.6) is 0 Å². The van der Waals surface area contributed by atoms with E-state index in [1.54, 1.807) is 6.20 Å². The molecule has 1 atom stereocenters. The number of rotatable bonds is 3. The molecular formula is C13H11BrClNO2. The van der Waals surface area contributed by atoms with Gasteiger partial charge in [0.25, 0.3) is 0 Å². The van der Waals surface area contributed by atoms with Crippen molar-refractivity contribution in [1.29, 1.82) is 0 Å². The van der Waals surface area contributed by atoms with E-state index in [1.807, 2.05) is 24.3 Å². The van der Waals surface area contributed by atoms with Gasteiger partial charge in [0.05, 0.1) is 12.6 Å². The maximum atomic E-state index is 11.4. The highest BCUT2D eigenvalue weighted by molar-refractivity contribution is 9.10. The van der Waals surface area contributed by atoms with Crippen LogP contribution >= 0.6 is 27.5 Å². The summed E-state index contributed by atoms with van der Waals surface area (Å²) in [6.45, 7) is 0. The number of fused-ring (bicyclic) bond motifs is 1. The highest BCUT2D eigenvalue weighted by Crippen LogP contribution is 2.26. The molecular weight excluding hydrogens is 318 g/mol. The van der Waals surface area contributed by atoms with Crippen LogP contribution in [-0.4, -0.2) is 22.9 Å². The minimum atomic E-state index is -0.381. The monoisotopic (exact) mass is 327 g/mol. The molecule has 1 aromatic heterocycles. The predicted octanol–water partition coefficient (Wildman–Crippen LogP) is 3.37. The zero-order chi connectivity index (χ0) is 13.1. The van der Waals surface area contributed by atoms with E-state index in [-0.39, 0.29) is 10.8 Å². The van der Waals surface area contributed by atoms with Gasteiger partial charge in [-0.25, -0.2) is 0 Å². The van der Waals surface area contributed by atoms with Gasteiger partial charge >= 0.3 is 5.97 Å². The Labute approximate surface area is 118 Å². The highest BCUT2D eigenvalue weighted by atomic mass is 79.9. The number of pyridine rings is 1. The lowest BCUT2D eigenvalue weighted by Gasteiger charge is -2.10. The van der Waals surface area contributed by atoms with E-state index in [9.17, 15) is 4.79 Å². The number of hydrogen-bond acceptors (Lipinski definition) is 3. The fourth-order valence-electron chi connectivity index (χ4n) is 1.77. The van der Waals surface area contributed by atoms with Crippen LogP contribution in [0.1, 0.15) is 5.56 Å². The van der Waals surface area contributed by atoms with E-state index in [0.29, 0.717) is 11.4 Å². The van der Waals surface area contributed by atoms with Crippen LogP contribution in [-0.2, 0) is 16.0 Å². The van der Waals surface area contributed by atoms with Gasteiger partial charge in [0, 0.05) is 16.6 Å². The second-order valence-electron chi connectivity index (χ2n) is 3.80. The van der Waals surface area contributed by atoms with Crippen LogP contribution in [0.25, 0.3) is 10.9 Å². The Hall–Kier alpha value is -1.13. The number of aromatic nitrogens is 1. The van der Waals surface area contributed by atoms with E-state index in [4.69, 9.17) is 11.6 Å². The maximum absolute atomic E-state index is 11.4. The van der Waals surface area contributed by atoms with Gasteiger partial charge in [-0.15, -0.1) is 0 Å². The molecule has 0 radical (unpaired) electrons. The fraction of sp³-hybridized carbons (Fsp3) is 0.231. The first-order valence-corrected chi connectivity index (χ1v) is 6.67. The normalized spacial score (nSPS) is 12.4. The lowest BCUT2D eigenvalue weighted by Crippen LogP contribution is -2.18. The molecule has 0 aliphatic carbocycles. The van der Waals surface area contributed by atoms with E-state index < -0.39 is 0 Å². The average molecular weight is 329 g/mol. The molecule has 0 amide bonds. The van der Waals surface area contributed by atoms with E-state index in [0.717, 1.165) is 16.5 Å². The molecule has 1 heterocycles. The first kappa shape index (κ1) is 13.3. The molecule has 94 valence electrons. The minimum Gasteiger partial charge on any atom is -0.468 e. The third-order valence-electron chi connectivity index (χ3n) is 2.66. The Balaban J connectivity index is 2.40. The summed E-state index contributed by atoms with van der Waals surface area (Å²) in [5, 5.41) is 1.55. The largest absolute Gasteiger partial charge is 0.468 e. The minimum absolute atomic E-state index is 0.297. The maximum Gasteiger partial charge on any atom is 0.319 e. The van der Waals surface area contributed by atoms with Gasteiger partial charge in [0.1, 0.15) is 4.83 Å². The first-order valence-electron chi connectivity index (χ1n) is 5.37. The van der Waals surface area contributed by atoms with Gasteiger partial charge in [-0.05, 0) is 30.2 Å². The molecule has 0 saturated heterocycles. The van der Waals surface area contributed by atoms with E-state index >= 15 is 0 Å². The quantitative estimate of drug-likeness (QED) is 0.640. The standard InChI is InChI=1S/C13H11BrClNO2/c1-18-13(17)10(14)7-8-4-5-11(15)9-3-2-6-16-12(8)9/h2-6,10H,7H2,1H3. The number of carbonyl (C=O) groups is 1. The van der Waals surface area contributed by atoms with Crippen molar-refractivity contribution in [2.45, 2.75) is 11.2 Å². The molecule has 2 rings (SSSR count). The van der Waals surface area contributed by atoms with Gasteiger partial charge in [0.2, 0.25) is 0 Å².